The van der Waals surface area contributed by atoms with Gasteiger partial charge in [0.2, 0.25) is 0 Å². The Morgan fingerprint density at radius 2 is 2.00 bits per heavy atom. The number of hydrogen-bond acceptors (Lipinski definition) is 5. The predicted octanol–water partition coefficient (Wildman–Crippen LogP) is 3.40. The lowest BCUT2D eigenvalue weighted by Gasteiger charge is -2.07. The third-order valence-corrected chi connectivity index (χ3v) is 2.68. The molecule has 0 unspecified atom stereocenters. The lowest BCUT2D eigenvalue weighted by atomic mass is 10.2. The molecular weight excluding hydrogens is 268 g/mol. The minimum Gasteiger partial charge on any atom is -0.340 e. The number of nitro groups is 1. The van der Waals surface area contributed by atoms with Crippen LogP contribution in [0.4, 0.5) is 17.2 Å². The molecule has 0 aliphatic heterocycles. The van der Waals surface area contributed by atoms with Crippen molar-refractivity contribution in [2.24, 2.45) is 0 Å². The Bertz CT molecular complexity index is 625. The van der Waals surface area contributed by atoms with Gasteiger partial charge in [-0.3, -0.25) is 10.1 Å². The molecule has 1 aromatic carbocycles. The second-order valence-corrected chi connectivity index (χ2v) is 4.39. The van der Waals surface area contributed by atoms with Crippen LogP contribution in [0.2, 0.25) is 5.15 Å². The second kappa shape index (κ2) is 5.19. The van der Waals surface area contributed by atoms with Crippen LogP contribution in [0.5, 0.6) is 0 Å². The number of nitro benzene ring substituents is 1. The number of halogens is 1. The zero-order valence-electron chi connectivity index (χ0n) is 10.3. The highest BCUT2D eigenvalue weighted by atomic mass is 35.5. The van der Waals surface area contributed by atoms with Gasteiger partial charge in [0.05, 0.1) is 4.92 Å². The Hall–Kier alpha value is -2.21. The molecule has 0 aliphatic rings. The van der Waals surface area contributed by atoms with Gasteiger partial charge < -0.3 is 5.32 Å². The summed E-state index contributed by atoms with van der Waals surface area (Å²) in [6, 6.07) is 6.44. The van der Waals surface area contributed by atoms with Crippen molar-refractivity contribution in [3.8, 4) is 0 Å². The third-order valence-electron chi connectivity index (χ3n) is 2.48. The molecule has 1 aromatic heterocycles. The number of nitrogens with one attached hydrogen (secondary N) is 1. The number of aromatic nitrogens is 2. The summed E-state index contributed by atoms with van der Waals surface area (Å²) in [6.07, 6.45) is 0. The van der Waals surface area contributed by atoms with E-state index in [1.54, 1.807) is 32.0 Å². The van der Waals surface area contributed by atoms with Gasteiger partial charge in [-0.15, -0.1) is 0 Å². The largest absolute Gasteiger partial charge is 0.340 e. The van der Waals surface area contributed by atoms with Crippen LogP contribution in [-0.2, 0) is 0 Å². The minimum atomic E-state index is -0.418. The molecule has 0 fully saturated rings. The lowest BCUT2D eigenvalue weighted by Crippen LogP contribution is -1.99. The van der Waals surface area contributed by atoms with Gasteiger partial charge in [-0.05, 0) is 19.9 Å². The number of rotatable bonds is 3. The van der Waals surface area contributed by atoms with E-state index >= 15 is 0 Å². The van der Waals surface area contributed by atoms with E-state index < -0.39 is 4.92 Å². The highest BCUT2D eigenvalue weighted by Crippen LogP contribution is 2.24. The zero-order chi connectivity index (χ0) is 14.0. The first-order chi connectivity index (χ1) is 8.95. The maximum atomic E-state index is 10.9. The third kappa shape index (κ3) is 3.17. The Morgan fingerprint density at radius 3 is 2.63 bits per heavy atom. The van der Waals surface area contributed by atoms with Crippen LogP contribution >= 0.6 is 11.6 Å². The summed E-state index contributed by atoms with van der Waals surface area (Å²) in [6.45, 7) is 3.41. The van der Waals surface area contributed by atoms with E-state index in [0.29, 0.717) is 28.0 Å². The fraction of sp³-hybridized carbons (Fsp3) is 0.167. The van der Waals surface area contributed by atoms with Crippen molar-refractivity contribution in [3.63, 3.8) is 0 Å². The summed E-state index contributed by atoms with van der Waals surface area (Å²) < 4.78 is 0. The van der Waals surface area contributed by atoms with Gasteiger partial charge in [-0.2, -0.15) is 0 Å². The number of aryl methyl sites for hydroxylation is 2. The topological polar surface area (TPSA) is 81.0 Å². The summed E-state index contributed by atoms with van der Waals surface area (Å²) in [4.78, 5) is 18.5. The predicted molar refractivity (Wildman–Crippen MR) is 72.9 cm³/mol. The molecule has 19 heavy (non-hydrogen) atoms. The molecule has 7 heteroatoms. The Kier molecular flexibility index (Phi) is 3.62. The molecule has 0 aliphatic carbocycles. The average molecular weight is 279 g/mol. The van der Waals surface area contributed by atoms with Crippen molar-refractivity contribution < 1.29 is 4.92 Å². The average Bonchev–Trinajstić information content (AvgIpc) is 2.30. The Morgan fingerprint density at radius 1 is 1.26 bits per heavy atom. The van der Waals surface area contributed by atoms with Gasteiger partial charge in [-0.1, -0.05) is 17.7 Å². The van der Waals surface area contributed by atoms with Gasteiger partial charge in [-0.25, -0.2) is 9.97 Å². The molecule has 0 amide bonds. The number of benzene rings is 1. The van der Waals surface area contributed by atoms with Crippen molar-refractivity contribution in [3.05, 3.63) is 50.9 Å². The fourth-order valence-corrected chi connectivity index (χ4v) is 1.85. The summed E-state index contributed by atoms with van der Waals surface area (Å²) in [5, 5.41) is 14.2. The van der Waals surface area contributed by atoms with Crippen LogP contribution in [0, 0.1) is 24.0 Å². The van der Waals surface area contributed by atoms with Crippen LogP contribution in [-0.4, -0.2) is 14.9 Å². The van der Waals surface area contributed by atoms with E-state index in [0.717, 1.165) is 0 Å². The van der Waals surface area contributed by atoms with Crippen LogP contribution in [0.1, 0.15) is 11.4 Å². The molecule has 2 aromatic rings. The SMILES string of the molecule is Cc1nc(Cl)cc(Nc2ccc(C)c([N+](=O)[O-])c2)n1. The van der Waals surface area contributed by atoms with Crippen LogP contribution in [0.15, 0.2) is 24.3 Å². The van der Waals surface area contributed by atoms with E-state index in [2.05, 4.69) is 15.3 Å². The number of hydrogen-bond donors (Lipinski definition) is 1. The van der Waals surface area contributed by atoms with Gasteiger partial charge in [0, 0.05) is 23.4 Å². The Balaban J connectivity index is 2.33. The van der Waals surface area contributed by atoms with Crippen molar-refractivity contribution in [2.45, 2.75) is 13.8 Å². The molecule has 0 saturated heterocycles. The number of anilines is 2. The summed E-state index contributed by atoms with van der Waals surface area (Å²) >= 11 is 5.82. The molecule has 0 atom stereocenters. The van der Waals surface area contributed by atoms with Crippen molar-refractivity contribution >= 4 is 28.8 Å². The summed E-state index contributed by atoms with van der Waals surface area (Å²) in [5.41, 5.74) is 1.24. The van der Waals surface area contributed by atoms with E-state index in [4.69, 9.17) is 11.6 Å². The summed E-state index contributed by atoms with van der Waals surface area (Å²) in [5.74, 6) is 1.02. The second-order valence-electron chi connectivity index (χ2n) is 4.01. The van der Waals surface area contributed by atoms with Crippen LogP contribution in [0.3, 0.4) is 0 Å². The first-order valence-electron chi connectivity index (χ1n) is 5.49. The smallest absolute Gasteiger partial charge is 0.274 e. The van der Waals surface area contributed by atoms with E-state index in [9.17, 15) is 10.1 Å². The first-order valence-corrected chi connectivity index (χ1v) is 5.87. The summed E-state index contributed by atoms with van der Waals surface area (Å²) in [7, 11) is 0. The lowest BCUT2D eigenvalue weighted by molar-refractivity contribution is -0.385. The van der Waals surface area contributed by atoms with Crippen LogP contribution < -0.4 is 5.32 Å². The van der Waals surface area contributed by atoms with Crippen molar-refractivity contribution in [2.75, 3.05) is 5.32 Å². The van der Waals surface area contributed by atoms with Crippen LogP contribution in [0.25, 0.3) is 0 Å². The van der Waals surface area contributed by atoms with E-state index in [1.807, 2.05) is 0 Å². The van der Waals surface area contributed by atoms with Crippen molar-refractivity contribution in [1.82, 2.24) is 9.97 Å². The molecule has 0 bridgehead atoms. The monoisotopic (exact) mass is 278 g/mol. The molecule has 0 saturated carbocycles. The van der Waals surface area contributed by atoms with Gasteiger partial charge in [0.15, 0.2) is 0 Å². The molecule has 0 spiro atoms. The maximum absolute atomic E-state index is 10.9. The standard InChI is InChI=1S/C12H11ClN4O2/c1-7-3-4-9(5-10(7)17(18)19)16-12-6-11(13)14-8(2)15-12/h3-6H,1-2H3,(H,14,15,16). The van der Waals surface area contributed by atoms with E-state index in [-0.39, 0.29) is 5.69 Å². The number of nitrogens with zero attached hydrogens (tertiary/aromatic N) is 3. The molecule has 6 nitrogen and oxygen atoms in total. The normalized spacial score (nSPS) is 10.3. The first kappa shape index (κ1) is 13.2. The Labute approximate surface area is 114 Å². The molecule has 2 rings (SSSR count). The molecule has 0 radical (unpaired) electrons. The van der Waals surface area contributed by atoms with Crippen molar-refractivity contribution in [1.29, 1.82) is 0 Å². The highest BCUT2D eigenvalue weighted by Gasteiger charge is 2.11. The maximum Gasteiger partial charge on any atom is 0.274 e. The van der Waals surface area contributed by atoms with Gasteiger partial charge >= 0.3 is 0 Å². The van der Waals surface area contributed by atoms with E-state index in [1.165, 1.54) is 6.07 Å². The molecule has 98 valence electrons. The fourth-order valence-electron chi connectivity index (χ4n) is 1.63. The molecule has 1 heterocycles. The zero-order valence-corrected chi connectivity index (χ0v) is 11.1. The quantitative estimate of drug-likeness (QED) is 0.529. The van der Waals surface area contributed by atoms with Gasteiger partial charge in [0.25, 0.3) is 5.69 Å². The molecular formula is C12H11ClN4O2. The minimum absolute atomic E-state index is 0.0573. The molecule has 1 N–H and O–H groups in total. The highest BCUT2D eigenvalue weighted by molar-refractivity contribution is 6.29. The van der Waals surface area contributed by atoms with Gasteiger partial charge in [0.1, 0.15) is 16.8 Å².